The third kappa shape index (κ3) is 12.8. The number of carboxylic acid groups (broad SMARTS) is 2. The highest BCUT2D eigenvalue weighted by molar-refractivity contribution is 5.95. The van der Waals surface area contributed by atoms with Gasteiger partial charge >= 0.3 is 11.9 Å². The number of carbonyl (C=O) groups is 6. The van der Waals surface area contributed by atoms with E-state index in [-0.39, 0.29) is 19.3 Å². The van der Waals surface area contributed by atoms with Crippen molar-refractivity contribution in [2.45, 2.75) is 56.7 Å². The predicted octanol–water partition coefficient (Wildman–Crippen LogP) is -3.65. The highest BCUT2D eigenvalue weighted by atomic mass is 16.4. The van der Waals surface area contributed by atoms with Crippen molar-refractivity contribution in [3.8, 4) is 0 Å². The zero-order valence-electron chi connectivity index (χ0n) is 17.0. The number of primary amides is 1. The fraction of sp³-hybridized carbons (Fsp3) is 0.647. The van der Waals surface area contributed by atoms with Gasteiger partial charge < -0.3 is 43.4 Å². The lowest BCUT2D eigenvalue weighted by atomic mass is 10.1. The Morgan fingerprint density at radius 3 is 1.94 bits per heavy atom. The molecule has 0 aromatic carbocycles. The SMILES string of the molecule is NCCCCC(N)C(=O)NC(CC(=O)O)C(=O)NC(CCC(N)=O)C(=O)NCC(=O)O. The molecule has 3 unspecified atom stereocenters. The van der Waals surface area contributed by atoms with Crippen LogP contribution < -0.4 is 33.2 Å². The van der Waals surface area contributed by atoms with Crippen LogP contribution in [0.5, 0.6) is 0 Å². The number of nitrogens with one attached hydrogen (secondary N) is 3. The van der Waals surface area contributed by atoms with Gasteiger partial charge in [-0.15, -0.1) is 0 Å². The molecule has 0 saturated heterocycles. The Labute approximate surface area is 178 Å². The van der Waals surface area contributed by atoms with Crippen molar-refractivity contribution in [1.29, 1.82) is 0 Å². The topological polar surface area (TPSA) is 257 Å². The van der Waals surface area contributed by atoms with Crippen molar-refractivity contribution < 1.29 is 39.0 Å². The van der Waals surface area contributed by atoms with Crippen molar-refractivity contribution in [2.24, 2.45) is 17.2 Å². The van der Waals surface area contributed by atoms with Gasteiger partial charge in [0, 0.05) is 6.42 Å². The average molecular weight is 446 g/mol. The van der Waals surface area contributed by atoms with Crippen LogP contribution in [0.1, 0.15) is 38.5 Å². The van der Waals surface area contributed by atoms with Crippen LogP contribution in [0.25, 0.3) is 0 Å². The Bertz CT molecular complexity index is 671. The maximum Gasteiger partial charge on any atom is 0.322 e. The van der Waals surface area contributed by atoms with E-state index in [1.807, 2.05) is 5.32 Å². The van der Waals surface area contributed by atoms with Gasteiger partial charge in [0.2, 0.25) is 23.6 Å². The standard InChI is InChI=1S/C17H30N6O8/c18-6-2-1-3-9(19)15(29)23-11(7-13(25)26)17(31)22-10(4-5-12(20)24)16(30)21-8-14(27)28/h9-11H,1-8,18-19H2,(H2,20,24)(H,21,30)(H,22,31)(H,23,29)(H,25,26)(H,27,28). The molecular formula is C17H30N6O8. The average Bonchev–Trinajstić information content (AvgIpc) is 2.67. The summed E-state index contributed by atoms with van der Waals surface area (Å²) in [5.74, 6) is -6.22. The summed E-state index contributed by atoms with van der Waals surface area (Å²) in [7, 11) is 0. The van der Waals surface area contributed by atoms with Crippen molar-refractivity contribution in [2.75, 3.05) is 13.1 Å². The molecule has 0 rings (SSSR count). The highest BCUT2D eigenvalue weighted by Gasteiger charge is 2.30. The number of hydrogen-bond donors (Lipinski definition) is 8. The second kappa shape index (κ2) is 14.7. The van der Waals surface area contributed by atoms with Crippen LogP contribution in [-0.2, 0) is 28.8 Å². The number of aliphatic carboxylic acids is 2. The fourth-order valence-electron chi connectivity index (χ4n) is 2.42. The molecule has 0 aliphatic rings. The molecule has 3 atom stereocenters. The minimum absolute atomic E-state index is 0.265. The number of hydrogen-bond acceptors (Lipinski definition) is 8. The maximum absolute atomic E-state index is 12.5. The Kier molecular flexibility index (Phi) is 13.1. The van der Waals surface area contributed by atoms with Crippen LogP contribution in [0.4, 0.5) is 0 Å². The largest absolute Gasteiger partial charge is 0.481 e. The number of amides is 4. The zero-order valence-corrected chi connectivity index (χ0v) is 17.0. The quantitative estimate of drug-likeness (QED) is 0.108. The van der Waals surface area contributed by atoms with Crippen molar-refractivity contribution >= 4 is 35.6 Å². The predicted molar refractivity (Wildman–Crippen MR) is 106 cm³/mol. The van der Waals surface area contributed by atoms with Crippen molar-refractivity contribution in [3.05, 3.63) is 0 Å². The van der Waals surface area contributed by atoms with Gasteiger partial charge in [-0.05, 0) is 25.8 Å². The van der Waals surface area contributed by atoms with E-state index < -0.39 is 66.7 Å². The molecule has 14 heteroatoms. The van der Waals surface area contributed by atoms with Crippen LogP contribution in [0, 0.1) is 0 Å². The minimum atomic E-state index is -1.56. The normalized spacial score (nSPS) is 13.4. The summed E-state index contributed by atoms with van der Waals surface area (Å²) in [6, 6.07) is -3.94. The number of rotatable bonds is 16. The third-order valence-corrected chi connectivity index (χ3v) is 4.04. The van der Waals surface area contributed by atoms with E-state index in [0.29, 0.717) is 19.4 Å². The van der Waals surface area contributed by atoms with Gasteiger partial charge in [-0.3, -0.25) is 28.8 Å². The van der Waals surface area contributed by atoms with Crippen molar-refractivity contribution in [3.63, 3.8) is 0 Å². The summed E-state index contributed by atoms with van der Waals surface area (Å²) >= 11 is 0. The van der Waals surface area contributed by atoms with Crippen molar-refractivity contribution in [1.82, 2.24) is 16.0 Å². The molecule has 0 aromatic heterocycles. The summed E-state index contributed by atoms with van der Waals surface area (Å²) in [4.78, 5) is 69.6. The highest BCUT2D eigenvalue weighted by Crippen LogP contribution is 2.03. The smallest absolute Gasteiger partial charge is 0.322 e. The number of nitrogens with two attached hydrogens (primary N) is 3. The molecule has 176 valence electrons. The summed E-state index contributed by atoms with van der Waals surface area (Å²) in [5, 5.41) is 24.2. The number of carbonyl (C=O) groups excluding carboxylic acids is 4. The molecule has 0 aliphatic carbocycles. The first-order valence-corrected chi connectivity index (χ1v) is 9.53. The molecule has 0 fully saturated rings. The summed E-state index contributed by atoms with van der Waals surface area (Å²) in [6.45, 7) is -0.330. The summed E-state index contributed by atoms with van der Waals surface area (Å²) in [5.41, 5.74) is 16.1. The lowest BCUT2D eigenvalue weighted by Crippen LogP contribution is -2.56. The van der Waals surface area contributed by atoms with E-state index in [2.05, 4.69) is 10.6 Å². The van der Waals surface area contributed by atoms with E-state index in [1.54, 1.807) is 0 Å². The van der Waals surface area contributed by atoms with Gasteiger partial charge in [-0.25, -0.2) is 0 Å². The molecule has 14 nitrogen and oxygen atoms in total. The molecule has 11 N–H and O–H groups in total. The molecule has 0 radical (unpaired) electrons. The second-order valence-electron chi connectivity index (χ2n) is 6.73. The van der Waals surface area contributed by atoms with E-state index in [0.717, 1.165) is 0 Å². The van der Waals surface area contributed by atoms with Gasteiger partial charge in [0.15, 0.2) is 0 Å². The minimum Gasteiger partial charge on any atom is -0.481 e. The van der Waals surface area contributed by atoms with Gasteiger partial charge in [0.1, 0.15) is 18.6 Å². The number of carboxylic acids is 2. The molecule has 31 heavy (non-hydrogen) atoms. The maximum atomic E-state index is 12.5. The zero-order chi connectivity index (χ0) is 24.0. The van der Waals surface area contributed by atoms with Gasteiger partial charge in [-0.2, -0.15) is 0 Å². The first kappa shape index (κ1) is 27.7. The third-order valence-electron chi connectivity index (χ3n) is 4.04. The molecule has 0 heterocycles. The van der Waals surface area contributed by atoms with Gasteiger partial charge in [0.05, 0.1) is 12.5 Å². The van der Waals surface area contributed by atoms with Crippen LogP contribution in [0.15, 0.2) is 0 Å². The Morgan fingerprint density at radius 2 is 1.42 bits per heavy atom. The van der Waals surface area contributed by atoms with Crippen LogP contribution in [0.3, 0.4) is 0 Å². The van der Waals surface area contributed by atoms with Gasteiger partial charge in [0.25, 0.3) is 0 Å². The summed E-state index contributed by atoms with van der Waals surface area (Å²) in [6.07, 6.45) is 0.0781. The molecule has 0 spiro atoms. The first-order valence-electron chi connectivity index (χ1n) is 9.53. The van der Waals surface area contributed by atoms with E-state index in [9.17, 15) is 28.8 Å². The molecular weight excluding hydrogens is 416 g/mol. The Balaban J connectivity index is 5.23. The molecule has 0 bridgehead atoms. The molecule has 4 amide bonds. The number of unbranched alkanes of at least 4 members (excludes halogenated alkanes) is 1. The lowest BCUT2D eigenvalue weighted by molar-refractivity contribution is -0.141. The monoisotopic (exact) mass is 446 g/mol. The Morgan fingerprint density at radius 1 is 0.806 bits per heavy atom. The molecule has 0 aromatic rings. The van der Waals surface area contributed by atoms with E-state index in [4.69, 9.17) is 27.4 Å². The Hall–Kier alpha value is -3.26. The van der Waals surface area contributed by atoms with Crippen LogP contribution in [-0.4, -0.2) is 77.0 Å². The molecule has 0 aliphatic heterocycles. The first-order chi connectivity index (χ1) is 14.5. The summed E-state index contributed by atoms with van der Waals surface area (Å²) < 4.78 is 0. The van der Waals surface area contributed by atoms with Crippen LogP contribution >= 0.6 is 0 Å². The van der Waals surface area contributed by atoms with Gasteiger partial charge in [-0.1, -0.05) is 6.42 Å². The van der Waals surface area contributed by atoms with E-state index >= 15 is 0 Å². The van der Waals surface area contributed by atoms with E-state index in [1.165, 1.54) is 0 Å². The molecule has 0 saturated carbocycles. The fourth-order valence-corrected chi connectivity index (χ4v) is 2.42. The van der Waals surface area contributed by atoms with Crippen LogP contribution in [0.2, 0.25) is 0 Å². The lowest BCUT2D eigenvalue weighted by Gasteiger charge is -2.23. The second-order valence-corrected chi connectivity index (χ2v) is 6.73.